The van der Waals surface area contributed by atoms with E-state index in [-0.39, 0.29) is 11.8 Å². The van der Waals surface area contributed by atoms with E-state index in [1.54, 1.807) is 12.1 Å². The Bertz CT molecular complexity index is 939. The van der Waals surface area contributed by atoms with Crippen LogP contribution in [0.15, 0.2) is 83.3 Å². The van der Waals surface area contributed by atoms with Gasteiger partial charge in [0.15, 0.2) is 0 Å². The van der Waals surface area contributed by atoms with Gasteiger partial charge in [-0.05, 0) is 48.9 Å². The first-order chi connectivity index (χ1) is 13.5. The summed E-state index contributed by atoms with van der Waals surface area (Å²) in [7, 11) is 0. The molecular weight excluding hydrogens is 416 g/mol. The van der Waals surface area contributed by atoms with Gasteiger partial charge in [-0.2, -0.15) is 0 Å². The van der Waals surface area contributed by atoms with E-state index in [0.717, 1.165) is 15.6 Å². The first-order valence-corrected chi connectivity index (χ1v) is 9.78. The molecule has 2 N–H and O–H groups in total. The van der Waals surface area contributed by atoms with E-state index in [4.69, 9.17) is 0 Å². The maximum atomic E-state index is 12.9. The minimum atomic E-state index is -0.695. The summed E-state index contributed by atoms with van der Waals surface area (Å²) in [5, 5.41) is 5.75. The van der Waals surface area contributed by atoms with Crippen LogP contribution in [0.25, 0.3) is 0 Å². The number of anilines is 1. The summed E-state index contributed by atoms with van der Waals surface area (Å²) in [5.74, 6) is -0.529. The number of aryl methyl sites for hydroxylation is 1. The third-order valence-corrected chi connectivity index (χ3v) is 4.86. The molecule has 0 aliphatic heterocycles. The zero-order valence-corrected chi connectivity index (χ0v) is 17.1. The van der Waals surface area contributed by atoms with E-state index in [2.05, 4.69) is 26.6 Å². The predicted octanol–water partition coefficient (Wildman–Crippen LogP) is 4.74. The van der Waals surface area contributed by atoms with Crippen LogP contribution in [-0.2, 0) is 11.2 Å². The topological polar surface area (TPSA) is 58.2 Å². The van der Waals surface area contributed by atoms with Gasteiger partial charge in [0.1, 0.15) is 6.04 Å². The number of halogens is 1. The Morgan fingerprint density at radius 1 is 0.893 bits per heavy atom. The van der Waals surface area contributed by atoms with E-state index in [1.807, 2.05) is 73.7 Å². The molecule has 0 fully saturated rings. The van der Waals surface area contributed by atoms with Gasteiger partial charge in [0.25, 0.3) is 5.91 Å². The molecule has 3 aromatic carbocycles. The summed E-state index contributed by atoms with van der Waals surface area (Å²) < 4.78 is 0.930. The van der Waals surface area contributed by atoms with E-state index in [1.165, 1.54) is 0 Å². The molecule has 0 heterocycles. The van der Waals surface area contributed by atoms with Crippen LogP contribution in [0.4, 0.5) is 5.69 Å². The summed E-state index contributed by atoms with van der Waals surface area (Å²) >= 11 is 3.38. The minimum Gasteiger partial charge on any atom is -0.340 e. The zero-order valence-electron chi connectivity index (χ0n) is 15.5. The third kappa shape index (κ3) is 5.54. The second-order valence-electron chi connectivity index (χ2n) is 6.58. The number of hydrogen-bond donors (Lipinski definition) is 2. The molecule has 0 radical (unpaired) electrons. The number of hydrogen-bond acceptors (Lipinski definition) is 2. The van der Waals surface area contributed by atoms with Gasteiger partial charge in [-0.25, -0.2) is 0 Å². The highest BCUT2D eigenvalue weighted by atomic mass is 79.9. The van der Waals surface area contributed by atoms with Crippen LogP contribution in [0.3, 0.4) is 0 Å². The van der Waals surface area contributed by atoms with Gasteiger partial charge in [-0.3, -0.25) is 9.59 Å². The fourth-order valence-electron chi connectivity index (χ4n) is 2.77. The third-order valence-electron chi connectivity index (χ3n) is 4.33. The van der Waals surface area contributed by atoms with Crippen molar-refractivity contribution < 1.29 is 9.59 Å². The lowest BCUT2D eigenvalue weighted by molar-refractivity contribution is -0.118. The molecule has 4 nitrogen and oxygen atoms in total. The van der Waals surface area contributed by atoms with Gasteiger partial charge in [0, 0.05) is 22.1 Å². The van der Waals surface area contributed by atoms with Crippen molar-refractivity contribution in [1.82, 2.24) is 5.32 Å². The molecule has 1 atom stereocenters. The van der Waals surface area contributed by atoms with E-state index in [0.29, 0.717) is 17.7 Å². The quantitative estimate of drug-likeness (QED) is 0.586. The Hall–Kier alpha value is -2.92. The van der Waals surface area contributed by atoms with Crippen LogP contribution in [0, 0.1) is 6.92 Å². The highest BCUT2D eigenvalue weighted by molar-refractivity contribution is 9.10. The van der Waals surface area contributed by atoms with Crippen LogP contribution in [0.2, 0.25) is 0 Å². The molecule has 0 aliphatic carbocycles. The number of rotatable bonds is 6. The number of carbonyl (C=O) groups is 2. The average molecular weight is 437 g/mol. The van der Waals surface area contributed by atoms with Crippen LogP contribution in [-0.4, -0.2) is 17.9 Å². The molecule has 0 aromatic heterocycles. The summed E-state index contributed by atoms with van der Waals surface area (Å²) in [4.78, 5) is 25.5. The lowest BCUT2D eigenvalue weighted by Gasteiger charge is -2.19. The maximum Gasteiger partial charge on any atom is 0.251 e. The lowest BCUT2D eigenvalue weighted by Crippen LogP contribution is -2.45. The molecule has 0 saturated carbocycles. The Labute approximate surface area is 173 Å². The van der Waals surface area contributed by atoms with Crippen LogP contribution in [0.1, 0.15) is 21.5 Å². The van der Waals surface area contributed by atoms with Crippen LogP contribution < -0.4 is 10.6 Å². The molecule has 142 valence electrons. The fourth-order valence-corrected chi connectivity index (χ4v) is 3.03. The van der Waals surface area contributed by atoms with Crippen molar-refractivity contribution in [2.75, 3.05) is 5.32 Å². The van der Waals surface area contributed by atoms with E-state index >= 15 is 0 Å². The minimum absolute atomic E-state index is 0.258. The average Bonchev–Trinajstić information content (AvgIpc) is 2.70. The molecule has 3 rings (SSSR count). The Balaban J connectivity index is 1.77. The molecule has 0 aliphatic rings. The number of nitrogens with one attached hydrogen (secondary N) is 2. The Morgan fingerprint density at radius 3 is 2.18 bits per heavy atom. The summed E-state index contributed by atoms with van der Waals surface area (Å²) in [6, 6.07) is 23.6. The first kappa shape index (κ1) is 19.8. The highest BCUT2D eigenvalue weighted by Crippen LogP contribution is 2.15. The number of benzene rings is 3. The highest BCUT2D eigenvalue weighted by Gasteiger charge is 2.22. The molecule has 0 unspecified atom stereocenters. The predicted molar refractivity (Wildman–Crippen MR) is 115 cm³/mol. The van der Waals surface area contributed by atoms with Crippen LogP contribution >= 0.6 is 15.9 Å². The molecular formula is C23H21BrN2O2. The smallest absolute Gasteiger partial charge is 0.251 e. The monoisotopic (exact) mass is 436 g/mol. The van der Waals surface area contributed by atoms with Crippen molar-refractivity contribution in [1.29, 1.82) is 0 Å². The van der Waals surface area contributed by atoms with Crippen molar-refractivity contribution in [2.24, 2.45) is 0 Å². The summed E-state index contributed by atoms with van der Waals surface area (Å²) in [5.41, 5.74) is 3.25. The SMILES string of the molecule is Cc1ccc(C(=O)N[C@H](Cc2ccccc2)C(=O)Nc2ccc(Br)cc2)cc1. The van der Waals surface area contributed by atoms with Gasteiger partial charge in [0.2, 0.25) is 5.91 Å². The molecule has 28 heavy (non-hydrogen) atoms. The van der Waals surface area contributed by atoms with Crippen molar-refractivity contribution >= 4 is 33.4 Å². The number of carbonyl (C=O) groups excluding carboxylic acids is 2. The maximum absolute atomic E-state index is 12.9. The molecule has 0 spiro atoms. The number of amides is 2. The Morgan fingerprint density at radius 2 is 1.54 bits per heavy atom. The second kappa shape index (κ2) is 9.33. The normalized spacial score (nSPS) is 11.5. The molecule has 0 bridgehead atoms. The zero-order chi connectivity index (χ0) is 19.9. The molecule has 2 amide bonds. The van der Waals surface area contributed by atoms with Gasteiger partial charge in [0.05, 0.1) is 0 Å². The lowest BCUT2D eigenvalue weighted by atomic mass is 10.0. The van der Waals surface area contributed by atoms with E-state index in [9.17, 15) is 9.59 Å². The fraction of sp³-hybridized carbons (Fsp3) is 0.130. The largest absolute Gasteiger partial charge is 0.340 e. The van der Waals surface area contributed by atoms with Crippen molar-refractivity contribution in [3.05, 3.63) is 100 Å². The summed E-state index contributed by atoms with van der Waals surface area (Å²) in [6.07, 6.45) is 0.404. The van der Waals surface area contributed by atoms with Crippen molar-refractivity contribution in [3.63, 3.8) is 0 Å². The molecule has 3 aromatic rings. The van der Waals surface area contributed by atoms with Crippen molar-refractivity contribution in [3.8, 4) is 0 Å². The first-order valence-electron chi connectivity index (χ1n) is 8.99. The van der Waals surface area contributed by atoms with Crippen molar-refractivity contribution in [2.45, 2.75) is 19.4 Å². The van der Waals surface area contributed by atoms with Crippen LogP contribution in [0.5, 0.6) is 0 Å². The van der Waals surface area contributed by atoms with Gasteiger partial charge in [-0.1, -0.05) is 64.0 Å². The van der Waals surface area contributed by atoms with Gasteiger partial charge < -0.3 is 10.6 Å². The molecule has 0 saturated heterocycles. The van der Waals surface area contributed by atoms with Gasteiger partial charge >= 0.3 is 0 Å². The standard InChI is InChI=1S/C23H21BrN2O2/c1-16-7-9-18(10-8-16)22(27)26-21(15-17-5-3-2-4-6-17)23(28)25-20-13-11-19(24)12-14-20/h2-14,21H,15H2,1H3,(H,25,28)(H,26,27)/t21-/m1/s1. The van der Waals surface area contributed by atoms with Gasteiger partial charge in [-0.15, -0.1) is 0 Å². The summed E-state index contributed by atoms with van der Waals surface area (Å²) in [6.45, 7) is 1.96. The second-order valence-corrected chi connectivity index (χ2v) is 7.49. The van der Waals surface area contributed by atoms with E-state index < -0.39 is 6.04 Å². The molecule has 5 heteroatoms. The Kier molecular flexibility index (Phi) is 6.61.